The highest BCUT2D eigenvalue weighted by molar-refractivity contribution is 7.09. The van der Waals surface area contributed by atoms with Gasteiger partial charge in [0.15, 0.2) is 0 Å². The smallest absolute Gasteiger partial charge is 0.317 e. The van der Waals surface area contributed by atoms with Gasteiger partial charge in [0.1, 0.15) is 0 Å². The molecule has 2 rings (SSSR count). The molecule has 0 aromatic carbocycles. The van der Waals surface area contributed by atoms with Crippen LogP contribution < -0.4 is 5.32 Å². The van der Waals surface area contributed by atoms with E-state index in [4.69, 9.17) is 0 Å². The number of carbonyl (C=O) groups is 1. The molecule has 22 heavy (non-hydrogen) atoms. The van der Waals surface area contributed by atoms with Crippen LogP contribution in [0.3, 0.4) is 0 Å². The fourth-order valence-corrected chi connectivity index (χ4v) is 2.95. The molecule has 0 spiro atoms. The van der Waals surface area contributed by atoms with Gasteiger partial charge in [0.25, 0.3) is 0 Å². The van der Waals surface area contributed by atoms with Crippen LogP contribution >= 0.6 is 11.3 Å². The molecule has 0 bridgehead atoms. The molecular formula is C15H27N5OS. The van der Waals surface area contributed by atoms with Gasteiger partial charge in [-0.3, -0.25) is 4.90 Å². The molecular weight excluding hydrogens is 298 g/mol. The molecule has 1 fully saturated rings. The van der Waals surface area contributed by atoms with E-state index in [2.05, 4.69) is 32.4 Å². The van der Waals surface area contributed by atoms with E-state index in [1.807, 2.05) is 25.9 Å². The van der Waals surface area contributed by atoms with Crippen LogP contribution in [-0.4, -0.2) is 78.6 Å². The predicted octanol–water partition coefficient (Wildman–Crippen LogP) is 1.23. The van der Waals surface area contributed by atoms with Crippen LogP contribution in [0.25, 0.3) is 0 Å². The van der Waals surface area contributed by atoms with Crippen LogP contribution in [0.1, 0.15) is 17.6 Å². The van der Waals surface area contributed by atoms with E-state index in [1.54, 1.807) is 11.3 Å². The van der Waals surface area contributed by atoms with Crippen molar-refractivity contribution < 1.29 is 4.79 Å². The summed E-state index contributed by atoms with van der Waals surface area (Å²) in [7, 11) is 4.05. The third-order valence-electron chi connectivity index (χ3n) is 4.14. The highest BCUT2D eigenvalue weighted by Crippen LogP contribution is 2.12. The Balaban J connectivity index is 1.71. The van der Waals surface area contributed by atoms with E-state index in [9.17, 15) is 4.79 Å². The van der Waals surface area contributed by atoms with Gasteiger partial charge in [-0.25, -0.2) is 9.78 Å². The number of hydrogen-bond donors (Lipinski definition) is 1. The zero-order chi connectivity index (χ0) is 16.1. The third kappa shape index (κ3) is 4.93. The van der Waals surface area contributed by atoms with Crippen molar-refractivity contribution in [3.63, 3.8) is 0 Å². The van der Waals surface area contributed by atoms with Crippen molar-refractivity contribution in [3.8, 4) is 0 Å². The van der Waals surface area contributed by atoms with Gasteiger partial charge in [-0.05, 0) is 27.9 Å². The van der Waals surface area contributed by atoms with Crippen molar-refractivity contribution in [1.29, 1.82) is 0 Å². The van der Waals surface area contributed by atoms with Crippen molar-refractivity contribution in [2.45, 2.75) is 26.4 Å². The molecule has 2 amide bonds. The Labute approximate surface area is 137 Å². The molecule has 7 heteroatoms. The van der Waals surface area contributed by atoms with Gasteiger partial charge in [-0.2, -0.15) is 0 Å². The first-order valence-corrected chi connectivity index (χ1v) is 8.66. The zero-order valence-corrected chi connectivity index (χ0v) is 14.8. The normalized spacial score (nSPS) is 17.8. The third-order valence-corrected chi connectivity index (χ3v) is 4.96. The van der Waals surface area contributed by atoms with Gasteiger partial charge in [-0.15, -0.1) is 11.3 Å². The molecule has 0 aliphatic carbocycles. The molecule has 1 atom stereocenters. The van der Waals surface area contributed by atoms with Crippen molar-refractivity contribution in [2.24, 2.45) is 0 Å². The lowest BCUT2D eigenvalue weighted by atomic mass is 10.3. The quantitative estimate of drug-likeness (QED) is 0.885. The fourth-order valence-electron chi connectivity index (χ4n) is 2.35. The van der Waals surface area contributed by atoms with Crippen LogP contribution in [0.5, 0.6) is 0 Å². The average Bonchev–Trinajstić information content (AvgIpc) is 2.90. The first-order valence-electron chi connectivity index (χ1n) is 7.78. The number of nitrogens with zero attached hydrogens (tertiary/aromatic N) is 4. The van der Waals surface area contributed by atoms with Gasteiger partial charge < -0.3 is 15.1 Å². The van der Waals surface area contributed by atoms with Crippen LogP contribution in [0.4, 0.5) is 4.79 Å². The van der Waals surface area contributed by atoms with Crippen LogP contribution in [0.15, 0.2) is 5.38 Å². The summed E-state index contributed by atoms with van der Waals surface area (Å²) in [6.07, 6.45) is 0. The monoisotopic (exact) mass is 325 g/mol. The lowest BCUT2D eigenvalue weighted by Gasteiger charge is -2.34. The Kier molecular flexibility index (Phi) is 6.16. The second kappa shape index (κ2) is 7.89. The van der Waals surface area contributed by atoms with Crippen molar-refractivity contribution >= 4 is 17.4 Å². The predicted molar refractivity (Wildman–Crippen MR) is 90.2 cm³/mol. The van der Waals surface area contributed by atoms with Crippen LogP contribution in [0, 0.1) is 6.92 Å². The number of amides is 2. The standard InChI is InChI=1S/C15H27N5OS/c1-12(18(3)4)9-16-15(21)20-7-5-19(6-8-20)10-14-11-22-13(2)17-14/h11-12H,5-10H2,1-4H3,(H,16,21)/t12-/m0/s1. The number of likely N-dealkylation sites (N-methyl/N-ethyl adjacent to an activating group) is 1. The zero-order valence-electron chi connectivity index (χ0n) is 14.0. The lowest BCUT2D eigenvalue weighted by Crippen LogP contribution is -2.52. The number of aryl methyl sites for hydroxylation is 1. The number of aromatic nitrogens is 1. The van der Waals surface area contributed by atoms with Gasteiger partial charge in [-0.1, -0.05) is 0 Å². The number of thiazole rings is 1. The second-order valence-electron chi connectivity index (χ2n) is 6.12. The SMILES string of the molecule is Cc1nc(CN2CCN(C(=O)NC[C@H](C)N(C)C)CC2)cs1. The van der Waals surface area contributed by atoms with E-state index in [1.165, 1.54) is 0 Å². The second-order valence-corrected chi connectivity index (χ2v) is 7.18. The number of urea groups is 1. The van der Waals surface area contributed by atoms with E-state index in [-0.39, 0.29) is 6.03 Å². The largest absolute Gasteiger partial charge is 0.336 e. The Hall–Kier alpha value is -1.18. The summed E-state index contributed by atoms with van der Waals surface area (Å²) in [4.78, 5) is 23.0. The Morgan fingerprint density at radius 3 is 2.64 bits per heavy atom. The molecule has 0 unspecified atom stereocenters. The summed E-state index contributed by atoms with van der Waals surface area (Å²) in [5.41, 5.74) is 1.14. The number of piperazine rings is 1. The summed E-state index contributed by atoms with van der Waals surface area (Å²) >= 11 is 1.69. The minimum Gasteiger partial charge on any atom is -0.336 e. The van der Waals surface area contributed by atoms with E-state index in [0.717, 1.165) is 43.4 Å². The van der Waals surface area contributed by atoms with E-state index < -0.39 is 0 Å². The summed E-state index contributed by atoms with van der Waals surface area (Å²) in [6.45, 7) is 9.10. The van der Waals surface area contributed by atoms with E-state index in [0.29, 0.717) is 12.6 Å². The van der Waals surface area contributed by atoms with Crippen molar-refractivity contribution in [1.82, 2.24) is 25.0 Å². The number of hydrogen-bond acceptors (Lipinski definition) is 5. The van der Waals surface area contributed by atoms with Crippen LogP contribution in [-0.2, 0) is 6.54 Å². The first kappa shape index (κ1) is 17.2. The molecule has 124 valence electrons. The Morgan fingerprint density at radius 2 is 2.09 bits per heavy atom. The van der Waals surface area contributed by atoms with Crippen molar-refractivity contribution in [3.05, 3.63) is 16.1 Å². The highest BCUT2D eigenvalue weighted by atomic mass is 32.1. The highest BCUT2D eigenvalue weighted by Gasteiger charge is 2.21. The number of rotatable bonds is 5. The van der Waals surface area contributed by atoms with Gasteiger partial charge >= 0.3 is 6.03 Å². The molecule has 0 saturated carbocycles. The molecule has 1 aromatic rings. The maximum Gasteiger partial charge on any atom is 0.317 e. The van der Waals surface area contributed by atoms with E-state index >= 15 is 0 Å². The molecule has 1 saturated heterocycles. The minimum absolute atomic E-state index is 0.0536. The topological polar surface area (TPSA) is 51.7 Å². The fraction of sp³-hybridized carbons (Fsp3) is 0.733. The summed E-state index contributed by atoms with van der Waals surface area (Å²) < 4.78 is 0. The summed E-state index contributed by atoms with van der Waals surface area (Å²) in [6, 6.07) is 0.399. The Bertz CT molecular complexity index is 482. The maximum absolute atomic E-state index is 12.2. The first-order chi connectivity index (χ1) is 10.5. The van der Waals surface area contributed by atoms with Crippen molar-refractivity contribution in [2.75, 3.05) is 46.8 Å². The molecule has 2 heterocycles. The van der Waals surface area contributed by atoms with Crippen LogP contribution in [0.2, 0.25) is 0 Å². The van der Waals surface area contributed by atoms with Gasteiger partial charge in [0.2, 0.25) is 0 Å². The Morgan fingerprint density at radius 1 is 1.41 bits per heavy atom. The number of nitrogens with one attached hydrogen (secondary N) is 1. The molecule has 1 aromatic heterocycles. The average molecular weight is 325 g/mol. The number of carbonyl (C=O) groups excluding carboxylic acids is 1. The lowest BCUT2D eigenvalue weighted by molar-refractivity contribution is 0.133. The van der Waals surface area contributed by atoms with Gasteiger partial charge in [0, 0.05) is 50.7 Å². The summed E-state index contributed by atoms with van der Waals surface area (Å²) in [5.74, 6) is 0. The molecule has 0 radical (unpaired) electrons. The minimum atomic E-state index is 0.0536. The van der Waals surface area contributed by atoms with Gasteiger partial charge in [0.05, 0.1) is 10.7 Å². The summed E-state index contributed by atoms with van der Waals surface area (Å²) in [5, 5.41) is 6.25. The molecule has 1 N–H and O–H groups in total. The molecule has 1 aliphatic rings. The molecule has 6 nitrogen and oxygen atoms in total. The maximum atomic E-state index is 12.2. The molecule has 1 aliphatic heterocycles.